The number of hydrogen-bond acceptors (Lipinski definition) is 4. The maximum atomic E-state index is 12.0. The van der Waals surface area contributed by atoms with Crippen molar-refractivity contribution in [1.29, 1.82) is 0 Å². The standard InChI is InChI=1S/C20H23NO3S/c1-14-9-10-18(11-15(14)2)25-13-19(22)24-16(3)20(23)21-12-17-7-5-4-6-8-17/h4-11,16H,12-13H2,1-3H3,(H,21,23)/t16-/m1/s1. The molecule has 2 aromatic carbocycles. The lowest BCUT2D eigenvalue weighted by atomic mass is 10.1. The first kappa shape index (κ1) is 19.1. The van der Waals surface area contributed by atoms with Crippen molar-refractivity contribution in [3.05, 3.63) is 65.2 Å². The molecule has 0 saturated carbocycles. The smallest absolute Gasteiger partial charge is 0.317 e. The van der Waals surface area contributed by atoms with Crippen LogP contribution in [0.1, 0.15) is 23.6 Å². The van der Waals surface area contributed by atoms with Crippen LogP contribution in [0.4, 0.5) is 0 Å². The Bertz CT molecular complexity index is 731. The third-order valence-corrected chi connectivity index (χ3v) is 4.79. The van der Waals surface area contributed by atoms with Crippen molar-refractivity contribution in [3.63, 3.8) is 0 Å². The molecule has 0 fully saturated rings. The zero-order valence-electron chi connectivity index (χ0n) is 14.7. The van der Waals surface area contributed by atoms with Gasteiger partial charge >= 0.3 is 5.97 Å². The van der Waals surface area contributed by atoms with Gasteiger partial charge in [-0.15, -0.1) is 11.8 Å². The van der Waals surface area contributed by atoms with E-state index in [4.69, 9.17) is 4.74 Å². The van der Waals surface area contributed by atoms with E-state index < -0.39 is 12.1 Å². The second-order valence-electron chi connectivity index (χ2n) is 5.87. The third kappa shape index (κ3) is 6.27. The lowest BCUT2D eigenvalue weighted by molar-refractivity contribution is -0.152. The van der Waals surface area contributed by atoms with Crippen LogP contribution in [0.3, 0.4) is 0 Å². The first-order valence-corrected chi connectivity index (χ1v) is 9.15. The second kappa shape index (κ2) is 9.28. The Morgan fingerprint density at radius 1 is 1.08 bits per heavy atom. The van der Waals surface area contributed by atoms with E-state index >= 15 is 0 Å². The highest BCUT2D eigenvalue weighted by molar-refractivity contribution is 8.00. The number of esters is 1. The SMILES string of the molecule is Cc1ccc(SCC(=O)O[C@H](C)C(=O)NCc2ccccc2)cc1C. The van der Waals surface area contributed by atoms with Crippen molar-refractivity contribution in [2.24, 2.45) is 0 Å². The fraction of sp³-hybridized carbons (Fsp3) is 0.300. The van der Waals surface area contributed by atoms with Crippen LogP contribution in [0.2, 0.25) is 0 Å². The molecule has 1 N–H and O–H groups in total. The molecule has 4 nitrogen and oxygen atoms in total. The molecule has 0 spiro atoms. The van der Waals surface area contributed by atoms with E-state index in [2.05, 4.69) is 5.32 Å². The predicted molar refractivity (Wildman–Crippen MR) is 100 cm³/mol. The predicted octanol–water partition coefficient (Wildman–Crippen LogP) is 3.64. The zero-order valence-corrected chi connectivity index (χ0v) is 15.6. The molecule has 0 aliphatic carbocycles. The van der Waals surface area contributed by atoms with E-state index in [0.717, 1.165) is 10.5 Å². The van der Waals surface area contributed by atoms with Crippen molar-refractivity contribution in [2.75, 3.05) is 5.75 Å². The molecule has 0 aliphatic heterocycles. The summed E-state index contributed by atoms with van der Waals surface area (Å²) in [5.74, 6) is -0.516. The average molecular weight is 357 g/mol. The Hall–Kier alpha value is -2.27. The number of amides is 1. The van der Waals surface area contributed by atoms with Gasteiger partial charge in [0.05, 0.1) is 5.75 Å². The molecule has 0 unspecified atom stereocenters. The van der Waals surface area contributed by atoms with Crippen molar-refractivity contribution in [3.8, 4) is 0 Å². The van der Waals surface area contributed by atoms with Gasteiger partial charge in [0.15, 0.2) is 6.10 Å². The molecular weight excluding hydrogens is 334 g/mol. The zero-order chi connectivity index (χ0) is 18.2. The van der Waals surface area contributed by atoms with Crippen LogP contribution < -0.4 is 5.32 Å². The molecule has 1 atom stereocenters. The van der Waals surface area contributed by atoms with Crippen LogP contribution in [-0.2, 0) is 20.9 Å². The van der Waals surface area contributed by atoms with E-state index in [0.29, 0.717) is 6.54 Å². The first-order valence-electron chi connectivity index (χ1n) is 8.17. The van der Waals surface area contributed by atoms with Crippen LogP contribution >= 0.6 is 11.8 Å². The van der Waals surface area contributed by atoms with Gasteiger partial charge in [0.2, 0.25) is 0 Å². The van der Waals surface area contributed by atoms with E-state index in [9.17, 15) is 9.59 Å². The molecule has 0 aliphatic rings. The van der Waals surface area contributed by atoms with Crippen LogP contribution in [0.5, 0.6) is 0 Å². The minimum absolute atomic E-state index is 0.179. The number of hydrogen-bond donors (Lipinski definition) is 1. The first-order chi connectivity index (χ1) is 12.0. The van der Waals surface area contributed by atoms with Gasteiger partial charge in [-0.3, -0.25) is 9.59 Å². The minimum Gasteiger partial charge on any atom is -0.452 e. The number of aryl methyl sites for hydroxylation is 2. The lowest BCUT2D eigenvalue weighted by Gasteiger charge is -2.13. The van der Waals surface area contributed by atoms with E-state index in [1.54, 1.807) is 6.92 Å². The van der Waals surface area contributed by atoms with E-state index in [1.807, 2.05) is 62.4 Å². The summed E-state index contributed by atoms with van der Waals surface area (Å²) < 4.78 is 5.20. The van der Waals surface area contributed by atoms with Crippen molar-refractivity contribution < 1.29 is 14.3 Å². The Morgan fingerprint density at radius 2 is 1.80 bits per heavy atom. The molecule has 25 heavy (non-hydrogen) atoms. The molecule has 0 bridgehead atoms. The summed E-state index contributed by atoms with van der Waals surface area (Å²) in [6, 6.07) is 15.7. The molecule has 2 aromatic rings. The van der Waals surface area contributed by atoms with Gasteiger partial charge in [-0.25, -0.2) is 0 Å². The molecule has 0 saturated heterocycles. The normalized spacial score (nSPS) is 11.6. The molecule has 0 radical (unpaired) electrons. The number of rotatable bonds is 7. The number of benzene rings is 2. The van der Waals surface area contributed by atoms with Crippen molar-refractivity contribution in [1.82, 2.24) is 5.32 Å². The third-order valence-electron chi connectivity index (χ3n) is 3.82. The summed E-state index contributed by atoms with van der Waals surface area (Å²) in [6.07, 6.45) is -0.809. The van der Waals surface area contributed by atoms with E-state index in [1.165, 1.54) is 22.9 Å². The summed E-state index contributed by atoms with van der Waals surface area (Å²) in [7, 11) is 0. The molecule has 132 valence electrons. The lowest BCUT2D eigenvalue weighted by Crippen LogP contribution is -2.35. The van der Waals surface area contributed by atoms with Gasteiger partial charge in [0, 0.05) is 11.4 Å². The monoisotopic (exact) mass is 357 g/mol. The highest BCUT2D eigenvalue weighted by Gasteiger charge is 2.17. The maximum Gasteiger partial charge on any atom is 0.317 e. The number of carbonyl (C=O) groups is 2. The van der Waals surface area contributed by atoms with Gasteiger partial charge in [-0.05, 0) is 49.6 Å². The van der Waals surface area contributed by atoms with Gasteiger partial charge in [0.1, 0.15) is 0 Å². The van der Waals surface area contributed by atoms with Crippen LogP contribution in [0, 0.1) is 13.8 Å². The van der Waals surface area contributed by atoms with E-state index in [-0.39, 0.29) is 11.7 Å². The summed E-state index contributed by atoms with van der Waals surface area (Å²) in [5.41, 5.74) is 3.40. The fourth-order valence-corrected chi connectivity index (χ4v) is 2.94. The molecule has 1 amide bonds. The molecular formula is C20H23NO3S. The number of thioether (sulfide) groups is 1. The largest absolute Gasteiger partial charge is 0.452 e. The summed E-state index contributed by atoms with van der Waals surface area (Å²) in [6.45, 7) is 6.09. The van der Waals surface area contributed by atoms with Gasteiger partial charge in [-0.2, -0.15) is 0 Å². The highest BCUT2D eigenvalue weighted by Crippen LogP contribution is 2.21. The van der Waals surface area contributed by atoms with Crippen LogP contribution in [-0.4, -0.2) is 23.7 Å². The second-order valence-corrected chi connectivity index (χ2v) is 6.92. The Labute approximate surface area is 153 Å². The summed E-state index contributed by atoms with van der Waals surface area (Å²) >= 11 is 1.41. The number of carbonyl (C=O) groups excluding carboxylic acids is 2. The molecule has 2 rings (SSSR count). The quantitative estimate of drug-likeness (QED) is 0.607. The van der Waals surface area contributed by atoms with Crippen LogP contribution in [0.15, 0.2) is 53.4 Å². The summed E-state index contributed by atoms with van der Waals surface area (Å²) in [4.78, 5) is 25.0. The van der Waals surface area contributed by atoms with Gasteiger partial charge in [0.25, 0.3) is 5.91 Å². The molecule has 0 aromatic heterocycles. The Kier molecular flexibility index (Phi) is 7.07. The van der Waals surface area contributed by atoms with Gasteiger partial charge in [-0.1, -0.05) is 36.4 Å². The topological polar surface area (TPSA) is 55.4 Å². The Balaban J connectivity index is 1.75. The van der Waals surface area contributed by atoms with Crippen molar-refractivity contribution >= 4 is 23.6 Å². The van der Waals surface area contributed by atoms with Gasteiger partial charge < -0.3 is 10.1 Å². The Morgan fingerprint density at radius 3 is 2.48 bits per heavy atom. The highest BCUT2D eigenvalue weighted by atomic mass is 32.2. The summed E-state index contributed by atoms with van der Waals surface area (Å²) in [5, 5.41) is 2.77. The van der Waals surface area contributed by atoms with Crippen LogP contribution in [0.25, 0.3) is 0 Å². The minimum atomic E-state index is -0.809. The fourth-order valence-electron chi connectivity index (χ4n) is 2.16. The van der Waals surface area contributed by atoms with Crippen molar-refractivity contribution in [2.45, 2.75) is 38.3 Å². The molecule has 0 heterocycles. The molecule has 5 heteroatoms. The number of nitrogens with one attached hydrogen (secondary N) is 1. The number of ether oxygens (including phenoxy) is 1. The average Bonchev–Trinajstić information content (AvgIpc) is 2.61. The maximum absolute atomic E-state index is 12.0.